The first-order valence-corrected chi connectivity index (χ1v) is 8.64. The Morgan fingerprint density at radius 2 is 1.82 bits per heavy atom. The molecule has 9 heteroatoms. The Morgan fingerprint density at radius 3 is 2.46 bits per heavy atom. The molecular weight excluding hydrogens is 382 g/mol. The van der Waals surface area contributed by atoms with Crippen molar-refractivity contribution in [1.82, 2.24) is 10.3 Å². The van der Waals surface area contributed by atoms with Crippen molar-refractivity contribution in [2.24, 2.45) is 16.5 Å². The number of nitrogens with zero attached hydrogens (tertiary/aromatic N) is 2. The van der Waals surface area contributed by atoms with Crippen LogP contribution in [0.2, 0.25) is 5.02 Å². The number of halogens is 1. The zero-order valence-corrected chi connectivity index (χ0v) is 15.3. The molecule has 0 unspecified atom stereocenters. The minimum atomic E-state index is -1.78. The molecule has 1 heterocycles. The Morgan fingerprint density at radius 1 is 1.11 bits per heavy atom. The number of nitrogens with one attached hydrogen (secondary N) is 1. The van der Waals surface area contributed by atoms with Gasteiger partial charge in [-0.05, 0) is 17.7 Å². The largest absolute Gasteiger partial charge is 0.370 e. The van der Waals surface area contributed by atoms with Gasteiger partial charge in [0.05, 0.1) is 5.02 Å². The van der Waals surface area contributed by atoms with Crippen molar-refractivity contribution in [1.29, 1.82) is 0 Å². The molecule has 0 fully saturated rings. The molecule has 0 saturated carbocycles. The van der Waals surface area contributed by atoms with Gasteiger partial charge in [-0.2, -0.15) is 4.99 Å². The van der Waals surface area contributed by atoms with Gasteiger partial charge in [-0.25, -0.2) is 4.98 Å². The first kappa shape index (κ1) is 19.6. The summed E-state index contributed by atoms with van der Waals surface area (Å²) < 4.78 is 0. The van der Waals surface area contributed by atoms with Crippen LogP contribution in [-0.2, 0) is 0 Å². The van der Waals surface area contributed by atoms with Gasteiger partial charge in [0.25, 0.3) is 5.91 Å². The molecule has 0 radical (unpaired) electrons. The second-order valence-corrected chi connectivity index (χ2v) is 6.41. The van der Waals surface area contributed by atoms with Crippen LogP contribution >= 0.6 is 11.6 Å². The fraction of sp³-hybridized carbons (Fsp3) is 0.105. The number of aliphatic hydroxyl groups is 2. The monoisotopic (exact) mass is 399 g/mol. The Hall–Kier alpha value is -3.20. The molecule has 0 aliphatic carbocycles. The number of benzene rings is 2. The first-order chi connectivity index (χ1) is 13.4. The predicted octanol–water partition coefficient (Wildman–Crippen LogP) is 1.57. The van der Waals surface area contributed by atoms with Crippen molar-refractivity contribution >= 4 is 40.1 Å². The van der Waals surface area contributed by atoms with E-state index in [-0.39, 0.29) is 17.3 Å². The molecule has 144 valence electrons. The summed E-state index contributed by atoms with van der Waals surface area (Å²) in [6.07, 6.45) is -0.362. The normalized spacial score (nSPS) is 12.0. The zero-order valence-electron chi connectivity index (χ0n) is 14.6. The molecule has 7 N–H and O–H groups in total. The van der Waals surface area contributed by atoms with Crippen LogP contribution in [0.25, 0.3) is 10.8 Å². The lowest BCUT2D eigenvalue weighted by Crippen LogP contribution is -2.36. The summed E-state index contributed by atoms with van der Waals surface area (Å²) in [7, 11) is 0. The van der Waals surface area contributed by atoms with E-state index in [1.165, 1.54) is 12.3 Å². The molecule has 0 spiro atoms. The summed E-state index contributed by atoms with van der Waals surface area (Å²) in [5.41, 5.74) is 11.7. The number of rotatable bonds is 5. The van der Waals surface area contributed by atoms with Crippen LogP contribution in [0.3, 0.4) is 0 Å². The van der Waals surface area contributed by atoms with E-state index in [0.29, 0.717) is 21.4 Å². The quantitative estimate of drug-likeness (QED) is 0.250. The lowest BCUT2D eigenvalue weighted by atomic mass is 10.0. The third kappa shape index (κ3) is 4.20. The Labute approximate surface area is 165 Å². The van der Waals surface area contributed by atoms with E-state index >= 15 is 0 Å². The molecule has 1 atom stereocenters. The van der Waals surface area contributed by atoms with E-state index in [2.05, 4.69) is 15.3 Å². The fourth-order valence-corrected chi connectivity index (χ4v) is 2.98. The average Bonchev–Trinajstić information content (AvgIpc) is 2.68. The van der Waals surface area contributed by atoms with Crippen molar-refractivity contribution in [2.45, 2.75) is 12.3 Å². The molecule has 2 aromatic carbocycles. The SMILES string of the molecule is NC(N)=Nc1ncc(Cl)c2ccc(C(=O)N[C@@H](c3ccccc3)C(O)O)cc12. The summed E-state index contributed by atoms with van der Waals surface area (Å²) >= 11 is 6.16. The highest BCUT2D eigenvalue weighted by atomic mass is 35.5. The topological polar surface area (TPSA) is 147 Å². The zero-order chi connectivity index (χ0) is 20.3. The Kier molecular flexibility index (Phi) is 5.74. The molecule has 0 saturated heterocycles. The third-order valence-corrected chi connectivity index (χ3v) is 4.36. The number of pyridine rings is 1. The molecule has 1 amide bonds. The van der Waals surface area contributed by atoms with Gasteiger partial charge in [0, 0.05) is 22.5 Å². The van der Waals surface area contributed by atoms with Crippen LogP contribution in [0.4, 0.5) is 5.82 Å². The van der Waals surface area contributed by atoms with Gasteiger partial charge in [0.1, 0.15) is 6.04 Å². The van der Waals surface area contributed by atoms with Crippen molar-refractivity contribution in [3.8, 4) is 0 Å². The number of aliphatic imine (C=N–C) groups is 1. The maximum Gasteiger partial charge on any atom is 0.251 e. The smallest absolute Gasteiger partial charge is 0.251 e. The third-order valence-electron chi connectivity index (χ3n) is 4.06. The summed E-state index contributed by atoms with van der Waals surface area (Å²) in [4.78, 5) is 20.8. The number of guanidine groups is 1. The van der Waals surface area contributed by atoms with E-state index in [1.807, 2.05) is 0 Å². The number of aromatic nitrogens is 1. The van der Waals surface area contributed by atoms with Crippen LogP contribution in [0.5, 0.6) is 0 Å². The Balaban J connectivity index is 1.98. The van der Waals surface area contributed by atoms with Crippen molar-refractivity contribution in [3.63, 3.8) is 0 Å². The van der Waals surface area contributed by atoms with E-state index < -0.39 is 18.2 Å². The second-order valence-electron chi connectivity index (χ2n) is 6.00. The number of carbonyl (C=O) groups is 1. The maximum absolute atomic E-state index is 12.7. The minimum absolute atomic E-state index is 0.182. The van der Waals surface area contributed by atoms with Crippen LogP contribution in [0.1, 0.15) is 22.0 Å². The summed E-state index contributed by atoms with van der Waals surface area (Å²) in [5.74, 6) is -0.478. The van der Waals surface area contributed by atoms with E-state index in [1.54, 1.807) is 42.5 Å². The van der Waals surface area contributed by atoms with Crippen molar-refractivity contribution in [2.75, 3.05) is 0 Å². The number of fused-ring (bicyclic) bond motifs is 1. The molecule has 0 aliphatic heterocycles. The number of aliphatic hydroxyl groups excluding tert-OH is 1. The molecule has 8 nitrogen and oxygen atoms in total. The molecule has 0 aliphatic rings. The molecule has 1 aromatic heterocycles. The van der Waals surface area contributed by atoms with Gasteiger partial charge in [-0.3, -0.25) is 4.79 Å². The highest BCUT2D eigenvalue weighted by molar-refractivity contribution is 6.35. The Bertz CT molecular complexity index is 1040. The van der Waals surface area contributed by atoms with E-state index in [4.69, 9.17) is 23.1 Å². The fourth-order valence-electron chi connectivity index (χ4n) is 2.76. The van der Waals surface area contributed by atoms with Crippen LogP contribution in [0.15, 0.2) is 59.7 Å². The standard InChI is InChI=1S/C19H18ClN5O3/c20-14-9-23-16(25-19(21)22)13-8-11(6-7-12(13)14)17(26)24-15(18(27)28)10-4-2-1-3-5-10/h1-9,15,18,27-28H,(H,24,26)(H4,21,22,23,25)/t15-/m0/s1. The van der Waals surface area contributed by atoms with Crippen LogP contribution in [-0.4, -0.2) is 33.4 Å². The van der Waals surface area contributed by atoms with Gasteiger partial charge in [0.2, 0.25) is 0 Å². The number of hydrogen-bond donors (Lipinski definition) is 5. The first-order valence-electron chi connectivity index (χ1n) is 8.26. The van der Waals surface area contributed by atoms with Crippen molar-refractivity contribution in [3.05, 3.63) is 70.9 Å². The van der Waals surface area contributed by atoms with Gasteiger partial charge >= 0.3 is 0 Å². The summed E-state index contributed by atoms with van der Waals surface area (Å²) in [6, 6.07) is 12.4. The highest BCUT2D eigenvalue weighted by Crippen LogP contribution is 2.30. The van der Waals surface area contributed by atoms with Gasteiger partial charge in [-0.1, -0.05) is 48.0 Å². The van der Waals surface area contributed by atoms with Gasteiger partial charge < -0.3 is 27.0 Å². The number of amides is 1. The van der Waals surface area contributed by atoms with E-state index in [9.17, 15) is 15.0 Å². The van der Waals surface area contributed by atoms with Gasteiger partial charge in [0.15, 0.2) is 18.1 Å². The summed E-state index contributed by atoms with van der Waals surface area (Å²) in [6.45, 7) is 0. The predicted molar refractivity (Wildman–Crippen MR) is 107 cm³/mol. The number of carbonyl (C=O) groups excluding carboxylic acids is 1. The molecule has 28 heavy (non-hydrogen) atoms. The molecule has 0 bridgehead atoms. The highest BCUT2D eigenvalue weighted by Gasteiger charge is 2.22. The number of nitrogens with two attached hydrogens (primary N) is 2. The second kappa shape index (κ2) is 8.22. The van der Waals surface area contributed by atoms with Crippen LogP contribution < -0.4 is 16.8 Å². The summed E-state index contributed by atoms with van der Waals surface area (Å²) in [5, 5.41) is 23.5. The molecule has 3 aromatic rings. The average molecular weight is 400 g/mol. The van der Waals surface area contributed by atoms with Crippen LogP contribution in [0, 0.1) is 0 Å². The number of hydrogen-bond acceptors (Lipinski definition) is 5. The maximum atomic E-state index is 12.7. The lowest BCUT2D eigenvalue weighted by molar-refractivity contribution is -0.0661. The van der Waals surface area contributed by atoms with Gasteiger partial charge in [-0.15, -0.1) is 0 Å². The lowest BCUT2D eigenvalue weighted by Gasteiger charge is -2.21. The molecule has 3 rings (SSSR count). The van der Waals surface area contributed by atoms with Crippen molar-refractivity contribution < 1.29 is 15.0 Å². The molecular formula is C19H18ClN5O3. The van der Waals surface area contributed by atoms with E-state index in [0.717, 1.165) is 0 Å². The minimum Gasteiger partial charge on any atom is -0.370 e.